The van der Waals surface area contributed by atoms with Gasteiger partial charge in [-0.3, -0.25) is 0 Å². The van der Waals surface area contributed by atoms with Gasteiger partial charge in [-0.2, -0.15) is 0 Å². The lowest BCUT2D eigenvalue weighted by Crippen LogP contribution is -1.80. The zero-order valence-electron chi connectivity index (χ0n) is 6.68. The molecular formula is C9H7NO3. The maximum atomic E-state index is 9.12. The highest BCUT2D eigenvalue weighted by Gasteiger charge is 1.99. The van der Waals surface area contributed by atoms with E-state index in [1.54, 1.807) is 18.2 Å². The molecule has 0 spiro atoms. The first-order valence-corrected chi connectivity index (χ1v) is 3.71. The third-order valence-electron chi connectivity index (χ3n) is 1.46. The summed E-state index contributed by atoms with van der Waals surface area (Å²) in [5.74, 6) is 1.21. The van der Waals surface area contributed by atoms with Gasteiger partial charge in [-0.1, -0.05) is 11.2 Å². The number of phenols is 1. The number of hydrogen-bond acceptors (Lipinski definition) is 4. The second-order valence-electron chi connectivity index (χ2n) is 2.46. The van der Waals surface area contributed by atoms with Gasteiger partial charge in [-0.05, 0) is 12.1 Å². The van der Waals surface area contributed by atoms with Crippen molar-refractivity contribution >= 4 is 0 Å². The summed E-state index contributed by atoms with van der Waals surface area (Å²) in [5, 5.41) is 12.6. The molecule has 1 heterocycles. The third kappa shape index (κ3) is 1.79. The molecule has 1 N–H and O–H groups in total. The van der Waals surface area contributed by atoms with Crippen LogP contribution in [-0.2, 0) is 0 Å². The van der Waals surface area contributed by atoms with Crippen LogP contribution in [0.25, 0.3) is 0 Å². The van der Waals surface area contributed by atoms with Gasteiger partial charge in [-0.25, -0.2) is 0 Å². The van der Waals surface area contributed by atoms with E-state index >= 15 is 0 Å². The molecule has 0 unspecified atom stereocenters. The van der Waals surface area contributed by atoms with Crippen LogP contribution in [-0.4, -0.2) is 10.3 Å². The van der Waals surface area contributed by atoms with Gasteiger partial charge < -0.3 is 14.4 Å². The van der Waals surface area contributed by atoms with Gasteiger partial charge >= 0.3 is 0 Å². The Balaban J connectivity index is 2.19. The molecule has 0 atom stereocenters. The number of nitrogens with zero attached hydrogens (tertiary/aromatic N) is 1. The number of benzene rings is 1. The Morgan fingerprint density at radius 1 is 1.31 bits per heavy atom. The largest absolute Gasteiger partial charge is 0.508 e. The molecule has 0 fully saturated rings. The van der Waals surface area contributed by atoms with E-state index in [1.165, 1.54) is 18.5 Å². The number of aromatic hydroxyl groups is 1. The number of hydrogen-bond donors (Lipinski definition) is 1. The van der Waals surface area contributed by atoms with Crippen LogP contribution in [0.1, 0.15) is 0 Å². The maximum absolute atomic E-state index is 9.12. The van der Waals surface area contributed by atoms with Gasteiger partial charge in [0.05, 0.1) is 0 Å². The lowest BCUT2D eigenvalue weighted by atomic mass is 10.3. The van der Waals surface area contributed by atoms with Crippen molar-refractivity contribution in [1.82, 2.24) is 5.16 Å². The van der Waals surface area contributed by atoms with E-state index < -0.39 is 0 Å². The van der Waals surface area contributed by atoms with Crippen LogP contribution in [0, 0.1) is 0 Å². The quantitative estimate of drug-likeness (QED) is 0.763. The van der Waals surface area contributed by atoms with E-state index in [0.717, 1.165) is 0 Å². The Kier molecular flexibility index (Phi) is 1.88. The van der Waals surface area contributed by atoms with Crippen molar-refractivity contribution in [3.05, 3.63) is 36.7 Å². The lowest BCUT2D eigenvalue weighted by Gasteiger charge is -2.00. The first-order chi connectivity index (χ1) is 6.34. The van der Waals surface area contributed by atoms with Crippen molar-refractivity contribution in [1.29, 1.82) is 0 Å². The predicted octanol–water partition coefficient (Wildman–Crippen LogP) is 2.17. The van der Waals surface area contributed by atoms with Crippen LogP contribution in [0.5, 0.6) is 17.2 Å². The summed E-state index contributed by atoms with van der Waals surface area (Å²) in [7, 11) is 0. The zero-order valence-corrected chi connectivity index (χ0v) is 6.68. The Morgan fingerprint density at radius 2 is 2.23 bits per heavy atom. The average molecular weight is 177 g/mol. The fourth-order valence-corrected chi connectivity index (χ4v) is 0.929. The first kappa shape index (κ1) is 7.67. The molecule has 1 aromatic heterocycles. The number of ether oxygens (including phenoxy) is 1. The smallest absolute Gasteiger partial charge is 0.186 e. The summed E-state index contributed by atoms with van der Waals surface area (Å²) < 4.78 is 9.86. The van der Waals surface area contributed by atoms with E-state index in [-0.39, 0.29) is 5.75 Å². The van der Waals surface area contributed by atoms with Crippen molar-refractivity contribution in [3.8, 4) is 17.2 Å². The molecule has 66 valence electrons. The predicted molar refractivity (Wildman–Crippen MR) is 44.7 cm³/mol. The molecule has 2 aromatic rings. The van der Waals surface area contributed by atoms with Gasteiger partial charge in [0.25, 0.3) is 0 Å². The van der Waals surface area contributed by atoms with Crippen molar-refractivity contribution < 1.29 is 14.4 Å². The summed E-state index contributed by atoms with van der Waals surface area (Å²) >= 11 is 0. The Hall–Kier alpha value is -1.97. The zero-order chi connectivity index (χ0) is 9.10. The van der Waals surface area contributed by atoms with Crippen LogP contribution < -0.4 is 4.74 Å². The summed E-state index contributed by atoms with van der Waals surface area (Å²) in [6.07, 6.45) is 2.83. The third-order valence-corrected chi connectivity index (χ3v) is 1.46. The number of rotatable bonds is 2. The minimum Gasteiger partial charge on any atom is -0.508 e. The van der Waals surface area contributed by atoms with Crippen molar-refractivity contribution in [3.63, 3.8) is 0 Å². The molecule has 0 bridgehead atoms. The van der Waals surface area contributed by atoms with E-state index in [2.05, 4.69) is 9.68 Å². The molecule has 4 nitrogen and oxygen atoms in total. The summed E-state index contributed by atoms with van der Waals surface area (Å²) in [6.45, 7) is 0. The molecule has 1 aromatic carbocycles. The van der Waals surface area contributed by atoms with Gasteiger partial charge in [-0.15, -0.1) is 0 Å². The highest BCUT2D eigenvalue weighted by Crippen LogP contribution is 2.23. The second kappa shape index (κ2) is 3.18. The van der Waals surface area contributed by atoms with Crippen LogP contribution in [0.3, 0.4) is 0 Å². The van der Waals surface area contributed by atoms with Gasteiger partial charge in [0.2, 0.25) is 0 Å². The molecule has 4 heteroatoms. The van der Waals surface area contributed by atoms with E-state index in [4.69, 9.17) is 9.84 Å². The van der Waals surface area contributed by atoms with Crippen LogP contribution in [0.15, 0.2) is 41.2 Å². The number of phenolic OH excluding ortho intramolecular Hbond substituents is 1. The van der Waals surface area contributed by atoms with Crippen LogP contribution >= 0.6 is 0 Å². The van der Waals surface area contributed by atoms with Gasteiger partial charge in [0.1, 0.15) is 17.7 Å². The molecule has 0 radical (unpaired) electrons. The minimum atomic E-state index is 0.161. The van der Waals surface area contributed by atoms with Crippen LogP contribution in [0.2, 0.25) is 0 Å². The highest BCUT2D eigenvalue weighted by atomic mass is 16.5. The Morgan fingerprint density at radius 3 is 2.92 bits per heavy atom. The monoisotopic (exact) mass is 177 g/mol. The molecule has 0 saturated heterocycles. The second-order valence-corrected chi connectivity index (χ2v) is 2.46. The van der Waals surface area contributed by atoms with E-state index in [1.807, 2.05) is 0 Å². The average Bonchev–Trinajstić information content (AvgIpc) is 2.57. The Labute approximate surface area is 74.4 Å². The number of aromatic nitrogens is 1. The normalized spacial score (nSPS) is 9.85. The Bertz CT molecular complexity index is 384. The van der Waals surface area contributed by atoms with Gasteiger partial charge in [0, 0.05) is 6.07 Å². The molecule has 0 aliphatic heterocycles. The first-order valence-electron chi connectivity index (χ1n) is 3.71. The fraction of sp³-hybridized carbons (Fsp3) is 0. The molecule has 0 aliphatic carbocycles. The topological polar surface area (TPSA) is 55.5 Å². The minimum absolute atomic E-state index is 0.161. The standard InChI is InChI=1S/C9H7NO3/c11-7-2-1-3-8(4-7)13-9-5-10-12-6-9/h1-6,11H. The van der Waals surface area contributed by atoms with E-state index in [0.29, 0.717) is 11.5 Å². The summed E-state index contributed by atoms with van der Waals surface area (Å²) in [4.78, 5) is 0. The molecule has 0 amide bonds. The summed E-state index contributed by atoms with van der Waals surface area (Å²) in [5.41, 5.74) is 0. The molecule has 0 saturated carbocycles. The molecular weight excluding hydrogens is 170 g/mol. The molecule has 13 heavy (non-hydrogen) atoms. The summed E-state index contributed by atoms with van der Waals surface area (Å²) in [6, 6.07) is 6.50. The maximum Gasteiger partial charge on any atom is 0.186 e. The fourth-order valence-electron chi connectivity index (χ4n) is 0.929. The van der Waals surface area contributed by atoms with Crippen molar-refractivity contribution in [2.75, 3.05) is 0 Å². The molecule has 0 aliphatic rings. The van der Waals surface area contributed by atoms with Crippen molar-refractivity contribution in [2.45, 2.75) is 0 Å². The molecule has 2 rings (SSSR count). The van der Waals surface area contributed by atoms with E-state index in [9.17, 15) is 0 Å². The van der Waals surface area contributed by atoms with Crippen LogP contribution in [0.4, 0.5) is 0 Å². The SMILES string of the molecule is Oc1cccc(Oc2cnoc2)c1. The van der Waals surface area contributed by atoms with Gasteiger partial charge in [0.15, 0.2) is 12.0 Å². The lowest BCUT2D eigenvalue weighted by molar-refractivity contribution is 0.409. The highest BCUT2D eigenvalue weighted by molar-refractivity contribution is 5.34. The van der Waals surface area contributed by atoms with Crippen molar-refractivity contribution in [2.24, 2.45) is 0 Å².